The minimum Gasteiger partial charge on any atom is -0.480 e. The molecule has 0 saturated carbocycles. The average molecular weight is 276 g/mol. The maximum absolute atomic E-state index is 10.8. The van der Waals surface area contributed by atoms with E-state index in [1.807, 2.05) is 24.3 Å². The molecule has 0 saturated heterocycles. The lowest BCUT2D eigenvalue weighted by molar-refractivity contribution is -0.142. The van der Waals surface area contributed by atoms with Gasteiger partial charge in [-0.25, -0.2) is 0 Å². The SMILES string of the molecule is C[C@@](N)(Cc1ccccc1Br)C(=O)O.O. The molecule has 0 aliphatic carbocycles. The fourth-order valence-corrected chi connectivity index (χ4v) is 1.54. The maximum Gasteiger partial charge on any atom is 0.323 e. The normalized spacial score (nSPS) is 13.8. The van der Waals surface area contributed by atoms with Gasteiger partial charge in [-0.1, -0.05) is 34.1 Å². The lowest BCUT2D eigenvalue weighted by Crippen LogP contribution is -2.46. The predicted octanol–water partition coefficient (Wildman–Crippen LogP) is 0.969. The second-order valence-corrected chi connectivity index (χ2v) is 4.35. The van der Waals surface area contributed by atoms with E-state index in [9.17, 15) is 4.79 Å². The quantitative estimate of drug-likeness (QED) is 0.861. The minimum absolute atomic E-state index is 0. The number of hydrogen-bond donors (Lipinski definition) is 2. The second-order valence-electron chi connectivity index (χ2n) is 3.49. The van der Waals surface area contributed by atoms with Crippen molar-refractivity contribution >= 4 is 21.9 Å². The first-order chi connectivity index (χ1) is 6.43. The molecule has 0 bridgehead atoms. The van der Waals surface area contributed by atoms with E-state index in [1.165, 1.54) is 6.92 Å². The van der Waals surface area contributed by atoms with Crippen molar-refractivity contribution in [2.45, 2.75) is 18.9 Å². The molecule has 0 amide bonds. The second kappa shape index (κ2) is 5.25. The summed E-state index contributed by atoms with van der Waals surface area (Å²) in [7, 11) is 0. The van der Waals surface area contributed by atoms with Crippen molar-refractivity contribution in [3.8, 4) is 0 Å². The van der Waals surface area contributed by atoms with Gasteiger partial charge in [0, 0.05) is 10.9 Å². The maximum atomic E-state index is 10.8. The van der Waals surface area contributed by atoms with E-state index in [0.29, 0.717) is 6.42 Å². The zero-order chi connectivity index (χ0) is 10.8. The molecule has 0 heterocycles. The van der Waals surface area contributed by atoms with E-state index in [4.69, 9.17) is 10.8 Å². The van der Waals surface area contributed by atoms with E-state index in [0.717, 1.165) is 10.0 Å². The van der Waals surface area contributed by atoms with Gasteiger partial charge in [0.25, 0.3) is 0 Å². The third kappa shape index (κ3) is 3.62. The smallest absolute Gasteiger partial charge is 0.323 e. The Kier molecular flexibility index (Phi) is 4.93. The molecule has 0 aromatic heterocycles. The predicted molar refractivity (Wildman–Crippen MR) is 61.7 cm³/mol. The summed E-state index contributed by atoms with van der Waals surface area (Å²) >= 11 is 3.35. The monoisotopic (exact) mass is 275 g/mol. The third-order valence-electron chi connectivity index (χ3n) is 2.00. The standard InChI is InChI=1S/C10H12BrNO2.H2O/c1-10(12,9(13)14)6-7-4-2-3-5-8(7)11;/h2-5H,6,12H2,1H3,(H,13,14);1H2/t10-;/m1./s1. The highest BCUT2D eigenvalue weighted by atomic mass is 79.9. The van der Waals surface area contributed by atoms with Gasteiger partial charge in [0.2, 0.25) is 0 Å². The highest BCUT2D eigenvalue weighted by Crippen LogP contribution is 2.20. The van der Waals surface area contributed by atoms with Gasteiger partial charge in [0.05, 0.1) is 0 Å². The number of rotatable bonds is 3. The Balaban J connectivity index is 0.00000196. The van der Waals surface area contributed by atoms with E-state index < -0.39 is 11.5 Å². The zero-order valence-electron chi connectivity index (χ0n) is 8.33. The molecule has 0 radical (unpaired) electrons. The molecule has 1 rings (SSSR count). The molecule has 0 unspecified atom stereocenters. The van der Waals surface area contributed by atoms with Crippen molar-refractivity contribution in [1.29, 1.82) is 0 Å². The van der Waals surface area contributed by atoms with Gasteiger partial charge in [-0.2, -0.15) is 0 Å². The average Bonchev–Trinajstić information content (AvgIpc) is 2.08. The molecule has 15 heavy (non-hydrogen) atoms. The first-order valence-electron chi connectivity index (χ1n) is 4.19. The first-order valence-corrected chi connectivity index (χ1v) is 4.98. The van der Waals surface area contributed by atoms with Crippen molar-refractivity contribution in [2.75, 3.05) is 0 Å². The van der Waals surface area contributed by atoms with Crippen LogP contribution in [0.1, 0.15) is 12.5 Å². The number of benzene rings is 1. The van der Waals surface area contributed by atoms with E-state index >= 15 is 0 Å². The van der Waals surface area contributed by atoms with Crippen LogP contribution in [0.15, 0.2) is 28.7 Å². The van der Waals surface area contributed by atoms with Crippen LogP contribution in [-0.2, 0) is 11.2 Å². The van der Waals surface area contributed by atoms with Crippen LogP contribution in [0.2, 0.25) is 0 Å². The summed E-state index contributed by atoms with van der Waals surface area (Å²) in [5, 5.41) is 8.85. The summed E-state index contributed by atoms with van der Waals surface area (Å²) in [6.07, 6.45) is 0.309. The largest absolute Gasteiger partial charge is 0.480 e. The number of aliphatic carboxylic acids is 1. The lowest BCUT2D eigenvalue weighted by Gasteiger charge is -2.19. The third-order valence-corrected chi connectivity index (χ3v) is 2.78. The summed E-state index contributed by atoms with van der Waals surface area (Å²) in [4.78, 5) is 10.8. The summed E-state index contributed by atoms with van der Waals surface area (Å²) in [6.45, 7) is 1.51. The van der Waals surface area contributed by atoms with Gasteiger partial charge in [0.1, 0.15) is 5.54 Å². The van der Waals surface area contributed by atoms with E-state index in [-0.39, 0.29) is 5.48 Å². The Morgan fingerprint density at radius 1 is 1.53 bits per heavy atom. The summed E-state index contributed by atoms with van der Waals surface area (Å²) < 4.78 is 0.887. The summed E-state index contributed by atoms with van der Waals surface area (Å²) in [5.41, 5.74) is 5.32. The van der Waals surface area contributed by atoms with Gasteiger partial charge in [0.15, 0.2) is 0 Å². The lowest BCUT2D eigenvalue weighted by atomic mass is 9.94. The molecule has 0 aliphatic heterocycles. The van der Waals surface area contributed by atoms with Crippen LogP contribution in [0, 0.1) is 0 Å². The van der Waals surface area contributed by atoms with Gasteiger partial charge in [-0.05, 0) is 18.6 Å². The van der Waals surface area contributed by atoms with Gasteiger partial charge in [-0.3, -0.25) is 4.79 Å². The van der Waals surface area contributed by atoms with Gasteiger partial charge < -0.3 is 16.3 Å². The Hall–Kier alpha value is -0.910. The van der Waals surface area contributed by atoms with Crippen molar-refractivity contribution in [2.24, 2.45) is 5.73 Å². The van der Waals surface area contributed by atoms with Crippen molar-refractivity contribution in [3.63, 3.8) is 0 Å². The first kappa shape index (κ1) is 14.1. The molecular weight excluding hydrogens is 262 g/mol. The van der Waals surface area contributed by atoms with Crippen LogP contribution >= 0.6 is 15.9 Å². The van der Waals surface area contributed by atoms with Crippen LogP contribution in [0.3, 0.4) is 0 Å². The molecule has 1 atom stereocenters. The van der Waals surface area contributed by atoms with Crippen LogP contribution < -0.4 is 5.73 Å². The zero-order valence-corrected chi connectivity index (χ0v) is 9.91. The van der Waals surface area contributed by atoms with Crippen molar-refractivity contribution in [1.82, 2.24) is 0 Å². The Labute approximate surface area is 96.5 Å². The van der Waals surface area contributed by atoms with Crippen molar-refractivity contribution in [3.05, 3.63) is 34.3 Å². The Bertz CT molecular complexity index is 352. The molecule has 84 valence electrons. The van der Waals surface area contributed by atoms with Crippen LogP contribution in [0.25, 0.3) is 0 Å². The number of carboxylic acids is 1. The molecule has 1 aromatic rings. The van der Waals surface area contributed by atoms with E-state index in [1.54, 1.807) is 0 Å². The number of nitrogens with two attached hydrogens (primary N) is 1. The highest BCUT2D eigenvalue weighted by Gasteiger charge is 2.28. The van der Waals surface area contributed by atoms with Gasteiger partial charge in [-0.15, -0.1) is 0 Å². The number of hydrogen-bond acceptors (Lipinski definition) is 2. The Morgan fingerprint density at radius 2 is 2.07 bits per heavy atom. The molecule has 5 N–H and O–H groups in total. The summed E-state index contributed by atoms with van der Waals surface area (Å²) in [5.74, 6) is -0.992. The van der Waals surface area contributed by atoms with E-state index in [2.05, 4.69) is 15.9 Å². The molecular formula is C10H14BrNO3. The molecule has 0 fully saturated rings. The number of halogens is 1. The molecule has 0 aliphatic rings. The molecule has 4 nitrogen and oxygen atoms in total. The van der Waals surface area contributed by atoms with Crippen LogP contribution in [0.4, 0.5) is 0 Å². The number of carboxylic acid groups (broad SMARTS) is 1. The molecule has 0 spiro atoms. The molecule has 1 aromatic carbocycles. The fourth-order valence-electron chi connectivity index (χ4n) is 1.11. The van der Waals surface area contributed by atoms with Gasteiger partial charge >= 0.3 is 5.97 Å². The summed E-state index contributed by atoms with van der Waals surface area (Å²) in [6, 6.07) is 7.46. The number of carbonyl (C=O) groups is 1. The Morgan fingerprint density at radius 3 is 2.53 bits per heavy atom. The molecule has 5 heteroatoms. The van der Waals surface area contributed by atoms with Crippen molar-refractivity contribution < 1.29 is 15.4 Å². The fraction of sp³-hybridized carbons (Fsp3) is 0.300. The minimum atomic E-state index is -1.22. The highest BCUT2D eigenvalue weighted by molar-refractivity contribution is 9.10. The van der Waals surface area contributed by atoms with Crippen LogP contribution in [-0.4, -0.2) is 22.1 Å². The topological polar surface area (TPSA) is 94.8 Å². The van der Waals surface area contributed by atoms with Crippen LogP contribution in [0.5, 0.6) is 0 Å².